The third-order valence-corrected chi connectivity index (χ3v) is 5.31. The van der Waals surface area contributed by atoms with Gasteiger partial charge in [-0.25, -0.2) is 9.67 Å². The highest BCUT2D eigenvalue weighted by atomic mass is 127. The molecule has 5 nitrogen and oxygen atoms in total. The second-order valence-corrected chi connectivity index (χ2v) is 7.24. The van der Waals surface area contributed by atoms with Crippen LogP contribution >= 0.6 is 22.6 Å². The van der Waals surface area contributed by atoms with Crippen LogP contribution in [0.5, 0.6) is 0 Å². The molecule has 1 saturated carbocycles. The van der Waals surface area contributed by atoms with Gasteiger partial charge in [-0.15, -0.1) is 5.10 Å². The Labute approximate surface area is 136 Å². The average Bonchev–Trinajstić information content (AvgIpc) is 2.95. The minimum absolute atomic E-state index is 0.000174. The van der Waals surface area contributed by atoms with Crippen molar-refractivity contribution in [2.24, 2.45) is 11.7 Å². The molecule has 2 unspecified atom stereocenters. The van der Waals surface area contributed by atoms with E-state index in [0.717, 1.165) is 18.7 Å². The van der Waals surface area contributed by atoms with Crippen molar-refractivity contribution in [3.05, 3.63) is 47.5 Å². The normalized spacial score (nSPS) is 30.2. The quantitative estimate of drug-likeness (QED) is 0.493. The molecule has 2 aromatic rings. The summed E-state index contributed by atoms with van der Waals surface area (Å²) in [4.78, 5) is 16.7. The smallest absolute Gasteiger partial charge is 0.217 e. The van der Waals surface area contributed by atoms with E-state index in [1.54, 1.807) is 0 Å². The van der Waals surface area contributed by atoms with Crippen LogP contribution in [0, 0.1) is 5.92 Å². The lowest BCUT2D eigenvalue weighted by Gasteiger charge is -2.11. The van der Waals surface area contributed by atoms with Gasteiger partial charge in [-0.2, -0.15) is 0 Å². The van der Waals surface area contributed by atoms with Gasteiger partial charge in [-0.05, 0) is 18.4 Å². The van der Waals surface area contributed by atoms with Gasteiger partial charge in [0, 0.05) is 12.0 Å². The lowest BCUT2D eigenvalue weighted by molar-refractivity contribution is 0.0955. The largest absolute Gasteiger partial charge is 0.327 e. The van der Waals surface area contributed by atoms with E-state index < -0.39 is 0 Å². The van der Waals surface area contributed by atoms with Gasteiger partial charge in [-0.1, -0.05) is 52.9 Å². The zero-order valence-electron chi connectivity index (χ0n) is 11.3. The summed E-state index contributed by atoms with van der Waals surface area (Å²) in [6.45, 7) is 0. The van der Waals surface area contributed by atoms with Crippen molar-refractivity contribution in [2.45, 2.75) is 28.8 Å². The van der Waals surface area contributed by atoms with Crippen molar-refractivity contribution in [1.82, 2.24) is 14.8 Å². The highest BCUT2D eigenvalue weighted by Gasteiger charge is 2.43. The van der Waals surface area contributed by atoms with Crippen LogP contribution in [0.4, 0.5) is 0 Å². The molecule has 6 heteroatoms. The first kappa shape index (κ1) is 13.4. The van der Waals surface area contributed by atoms with Crippen LogP contribution in [0.2, 0.25) is 0 Å². The molecule has 0 amide bonds. The highest BCUT2D eigenvalue weighted by molar-refractivity contribution is 14.1. The Balaban J connectivity index is 1.69. The number of rotatable bonds is 3. The van der Waals surface area contributed by atoms with Gasteiger partial charge in [0.05, 0.1) is 9.97 Å². The molecular formula is C15H15IN4O. The summed E-state index contributed by atoms with van der Waals surface area (Å²) >= 11 is 2.38. The molecule has 2 heterocycles. The zero-order chi connectivity index (χ0) is 14.6. The predicted molar refractivity (Wildman–Crippen MR) is 86.4 cm³/mol. The van der Waals surface area contributed by atoms with Crippen LogP contribution in [0.1, 0.15) is 44.8 Å². The summed E-state index contributed by atoms with van der Waals surface area (Å²) in [5.74, 6) is 1.17. The molecule has 0 spiro atoms. The summed E-state index contributed by atoms with van der Waals surface area (Å²) in [6.07, 6.45) is 1.73. The molecule has 2 aliphatic rings. The van der Waals surface area contributed by atoms with Crippen molar-refractivity contribution >= 4 is 28.4 Å². The van der Waals surface area contributed by atoms with Crippen LogP contribution in [0.3, 0.4) is 0 Å². The van der Waals surface area contributed by atoms with E-state index in [-0.39, 0.29) is 27.7 Å². The molecule has 4 atom stereocenters. The van der Waals surface area contributed by atoms with Crippen molar-refractivity contribution < 1.29 is 4.79 Å². The minimum atomic E-state index is -0.0732. The van der Waals surface area contributed by atoms with E-state index in [1.165, 1.54) is 5.56 Å². The van der Waals surface area contributed by atoms with Crippen LogP contribution in [0.25, 0.3) is 0 Å². The van der Waals surface area contributed by atoms with Gasteiger partial charge < -0.3 is 5.73 Å². The van der Waals surface area contributed by atoms with E-state index >= 15 is 0 Å². The third-order valence-electron chi connectivity index (χ3n) is 4.24. The molecule has 0 bridgehead atoms. The maximum Gasteiger partial charge on any atom is 0.217 e. The summed E-state index contributed by atoms with van der Waals surface area (Å²) in [5, 5.41) is 4.49. The zero-order valence-corrected chi connectivity index (χ0v) is 13.5. The van der Waals surface area contributed by atoms with E-state index in [2.05, 4.69) is 44.8 Å². The number of alkyl halides is 1. The minimum Gasteiger partial charge on any atom is -0.327 e. The Morgan fingerprint density at radius 3 is 2.67 bits per heavy atom. The second kappa shape index (κ2) is 4.88. The highest BCUT2D eigenvalue weighted by Crippen LogP contribution is 2.42. The molecule has 0 radical (unpaired) electrons. The molecule has 0 saturated heterocycles. The lowest BCUT2D eigenvalue weighted by atomic mass is 10.1. The molecule has 1 aromatic carbocycles. The fourth-order valence-corrected chi connectivity index (χ4v) is 3.82. The summed E-state index contributed by atoms with van der Waals surface area (Å²) in [5.41, 5.74) is 6.97. The van der Waals surface area contributed by atoms with Gasteiger partial charge >= 0.3 is 0 Å². The van der Waals surface area contributed by atoms with E-state index in [0.29, 0.717) is 5.82 Å². The maximum atomic E-state index is 12.3. The predicted octanol–water partition coefficient (Wildman–Crippen LogP) is 2.28. The first-order valence-electron chi connectivity index (χ1n) is 7.10. The molecular weight excluding hydrogens is 379 g/mol. The molecule has 2 N–H and O–H groups in total. The van der Waals surface area contributed by atoms with Gasteiger partial charge in [0.1, 0.15) is 5.82 Å². The molecule has 108 valence electrons. The molecule has 21 heavy (non-hydrogen) atoms. The maximum absolute atomic E-state index is 12.3. The number of benzene rings is 1. The topological polar surface area (TPSA) is 73.8 Å². The van der Waals surface area contributed by atoms with Crippen LogP contribution in [0.15, 0.2) is 30.3 Å². The Hall–Kier alpha value is -1.28. The number of aromatic nitrogens is 3. The lowest BCUT2D eigenvalue weighted by Crippen LogP contribution is -2.14. The van der Waals surface area contributed by atoms with Gasteiger partial charge in [-0.3, -0.25) is 4.79 Å². The van der Waals surface area contributed by atoms with Crippen LogP contribution in [-0.2, 0) is 0 Å². The van der Waals surface area contributed by atoms with Crippen LogP contribution < -0.4 is 5.73 Å². The van der Waals surface area contributed by atoms with Crippen molar-refractivity contribution in [3.8, 4) is 0 Å². The Morgan fingerprint density at radius 1 is 1.29 bits per heavy atom. The monoisotopic (exact) mass is 394 g/mol. The number of carbonyl (C=O) groups is 1. The van der Waals surface area contributed by atoms with Gasteiger partial charge in [0.15, 0.2) is 0 Å². The number of ketones is 1. The fraction of sp³-hybridized carbons (Fsp3) is 0.400. The van der Waals surface area contributed by atoms with Gasteiger partial charge in [0.25, 0.3) is 0 Å². The van der Waals surface area contributed by atoms with Crippen molar-refractivity contribution in [3.63, 3.8) is 0 Å². The van der Waals surface area contributed by atoms with E-state index in [1.807, 2.05) is 22.9 Å². The number of halogens is 1. The van der Waals surface area contributed by atoms with E-state index in [4.69, 9.17) is 5.73 Å². The molecule has 1 aliphatic heterocycles. The number of hydrogen-bond acceptors (Lipinski definition) is 4. The number of carbonyl (C=O) groups excluding carboxylic acids is 1. The fourth-order valence-electron chi connectivity index (χ4n) is 2.92. The summed E-state index contributed by atoms with van der Waals surface area (Å²) < 4.78 is 2.21. The number of Topliss-reactive ketones (excluding diaryl/α,β-unsaturated/α-hetero) is 1. The van der Waals surface area contributed by atoms with Gasteiger partial charge in [0.2, 0.25) is 11.6 Å². The Bertz CT molecular complexity index is 699. The summed E-state index contributed by atoms with van der Waals surface area (Å²) in [6, 6.07) is 10.4. The number of nitrogens with two attached hydrogens (primary N) is 1. The summed E-state index contributed by atoms with van der Waals surface area (Å²) in [7, 11) is 0. The van der Waals surface area contributed by atoms with E-state index in [9.17, 15) is 4.79 Å². The molecule has 4 rings (SSSR count). The molecule has 1 aromatic heterocycles. The molecule has 1 fully saturated rings. The first-order chi connectivity index (χ1) is 10.1. The average molecular weight is 394 g/mol. The van der Waals surface area contributed by atoms with Crippen molar-refractivity contribution in [1.29, 1.82) is 0 Å². The Kier molecular flexibility index (Phi) is 3.11. The number of fused-ring (bicyclic) bond motifs is 1. The SMILES string of the molecule is N[C@@H]1C[C@H]1C(=O)c1nc2n(n1)C(c1ccccc1)CC2I. The molecule has 1 aliphatic carbocycles. The third kappa shape index (κ3) is 2.20. The standard InChI is InChI=1S/C15H15IN4O/c16-10-7-12(8-4-2-1-3-5-8)20-15(10)18-14(19-20)13(21)9-6-11(9)17/h1-5,9-12H,6-7,17H2/t9-,10?,11-,12?/m1/s1. The Morgan fingerprint density at radius 2 is 2.00 bits per heavy atom. The second-order valence-electron chi connectivity index (χ2n) is 5.74. The van der Waals surface area contributed by atoms with Crippen LogP contribution in [-0.4, -0.2) is 26.6 Å². The number of hydrogen-bond donors (Lipinski definition) is 1. The van der Waals surface area contributed by atoms with Crippen molar-refractivity contribution in [2.75, 3.05) is 0 Å². The number of nitrogens with zero attached hydrogens (tertiary/aromatic N) is 3. The first-order valence-corrected chi connectivity index (χ1v) is 8.35.